The molecule has 4 heteroatoms. The van der Waals surface area contributed by atoms with E-state index in [9.17, 15) is 0 Å². The van der Waals surface area contributed by atoms with E-state index < -0.39 is 0 Å². The number of benzene rings is 3. The highest BCUT2D eigenvalue weighted by Gasteiger charge is 2.16. The van der Waals surface area contributed by atoms with E-state index in [2.05, 4.69) is 98.5 Å². The lowest BCUT2D eigenvalue weighted by molar-refractivity contribution is 0.635. The second-order valence-electron chi connectivity index (χ2n) is 4.87. The van der Waals surface area contributed by atoms with Crippen molar-refractivity contribution in [2.24, 2.45) is 5.84 Å². The van der Waals surface area contributed by atoms with Gasteiger partial charge >= 0.3 is 0 Å². The molecule has 0 spiro atoms. The molecule has 0 aliphatic carbocycles. The number of hydrogen-bond donors (Lipinski definition) is 2. The van der Waals surface area contributed by atoms with Crippen molar-refractivity contribution in [1.29, 1.82) is 0 Å². The van der Waals surface area contributed by atoms with Gasteiger partial charge in [0.25, 0.3) is 0 Å². The summed E-state index contributed by atoms with van der Waals surface area (Å²) in [5.41, 5.74) is 5.27. The second kappa shape index (κ2) is 6.44. The highest BCUT2D eigenvalue weighted by Crippen LogP contribution is 2.30. The Hall–Kier alpha value is -0.950. The van der Waals surface area contributed by atoms with Crippen LogP contribution >= 0.6 is 38.5 Å². The van der Waals surface area contributed by atoms with E-state index in [0.29, 0.717) is 0 Å². The molecule has 3 aromatic carbocycles. The normalized spacial score (nSPS) is 12.5. The minimum atomic E-state index is -0.0287. The molecule has 0 bridgehead atoms. The van der Waals surface area contributed by atoms with Gasteiger partial charge in [0.05, 0.1) is 6.04 Å². The molecule has 2 nitrogen and oxygen atoms in total. The summed E-state index contributed by atoms with van der Waals surface area (Å²) in [4.78, 5) is 0. The molecule has 0 fully saturated rings. The van der Waals surface area contributed by atoms with Crippen molar-refractivity contribution >= 4 is 49.3 Å². The molecule has 3 aromatic rings. The van der Waals surface area contributed by atoms with Crippen LogP contribution in [0.25, 0.3) is 10.8 Å². The molecule has 0 aliphatic rings. The Bertz CT molecular complexity index is 789. The third-order valence-corrected chi connectivity index (χ3v) is 5.02. The molecule has 0 saturated heterocycles. The summed E-state index contributed by atoms with van der Waals surface area (Å²) in [6.45, 7) is 0. The van der Waals surface area contributed by atoms with E-state index in [1.54, 1.807) is 0 Å². The molecule has 0 aliphatic heterocycles. The molecule has 0 saturated carbocycles. The number of hydrazine groups is 1. The molecular formula is C17H14BrIN2. The highest BCUT2D eigenvalue weighted by molar-refractivity contribution is 14.1. The van der Waals surface area contributed by atoms with E-state index in [1.807, 2.05) is 6.07 Å². The Kier molecular flexibility index (Phi) is 4.59. The van der Waals surface area contributed by atoms with Crippen LogP contribution in [-0.2, 0) is 0 Å². The lowest BCUT2D eigenvalue weighted by atomic mass is 9.97. The van der Waals surface area contributed by atoms with Crippen LogP contribution in [-0.4, -0.2) is 0 Å². The van der Waals surface area contributed by atoms with Gasteiger partial charge < -0.3 is 0 Å². The molecule has 0 heterocycles. The SMILES string of the molecule is NNC(c1ccc2ccccc2c1)c1cc(Br)ccc1I. The maximum Gasteiger partial charge on any atom is 0.0720 e. The molecule has 21 heavy (non-hydrogen) atoms. The largest absolute Gasteiger partial charge is 0.271 e. The van der Waals surface area contributed by atoms with E-state index in [1.165, 1.54) is 19.9 Å². The molecule has 106 valence electrons. The Labute approximate surface area is 146 Å². The standard InChI is InChI=1S/C17H14BrIN2/c18-14-7-8-16(19)15(10-14)17(21-20)13-6-5-11-3-1-2-4-12(11)9-13/h1-10,17,21H,20H2. The molecule has 1 unspecified atom stereocenters. The first-order valence-electron chi connectivity index (χ1n) is 6.59. The summed E-state index contributed by atoms with van der Waals surface area (Å²) in [5.74, 6) is 5.83. The van der Waals surface area contributed by atoms with Crippen molar-refractivity contribution < 1.29 is 0 Å². The Morgan fingerprint density at radius 2 is 1.71 bits per heavy atom. The van der Waals surface area contributed by atoms with Gasteiger partial charge in [-0.1, -0.05) is 52.3 Å². The molecule has 3 N–H and O–H groups in total. The molecule has 0 amide bonds. The Balaban J connectivity index is 2.11. The van der Waals surface area contributed by atoms with E-state index >= 15 is 0 Å². The Morgan fingerprint density at radius 1 is 0.952 bits per heavy atom. The summed E-state index contributed by atoms with van der Waals surface area (Å²) < 4.78 is 2.24. The fraction of sp³-hybridized carbons (Fsp3) is 0.0588. The molecule has 0 aromatic heterocycles. The van der Waals surface area contributed by atoms with Crippen molar-refractivity contribution in [3.8, 4) is 0 Å². The quantitative estimate of drug-likeness (QED) is 0.341. The predicted octanol–water partition coefficient (Wildman–Crippen LogP) is 4.76. The van der Waals surface area contributed by atoms with Crippen LogP contribution in [0.3, 0.4) is 0 Å². The average molecular weight is 453 g/mol. The van der Waals surface area contributed by atoms with E-state index in [-0.39, 0.29) is 6.04 Å². The zero-order valence-electron chi connectivity index (χ0n) is 11.2. The summed E-state index contributed by atoms with van der Waals surface area (Å²) in [7, 11) is 0. The van der Waals surface area contributed by atoms with Crippen LogP contribution in [0.5, 0.6) is 0 Å². The maximum absolute atomic E-state index is 5.83. The van der Waals surface area contributed by atoms with Crippen molar-refractivity contribution in [2.45, 2.75) is 6.04 Å². The van der Waals surface area contributed by atoms with Crippen LogP contribution in [0.2, 0.25) is 0 Å². The number of fused-ring (bicyclic) bond motifs is 1. The van der Waals surface area contributed by atoms with Gasteiger partial charge in [-0.3, -0.25) is 5.84 Å². The zero-order valence-corrected chi connectivity index (χ0v) is 14.9. The van der Waals surface area contributed by atoms with Crippen LogP contribution in [0.1, 0.15) is 17.2 Å². The van der Waals surface area contributed by atoms with Crippen LogP contribution in [0, 0.1) is 3.57 Å². The van der Waals surface area contributed by atoms with Gasteiger partial charge in [0.15, 0.2) is 0 Å². The zero-order chi connectivity index (χ0) is 14.8. The fourth-order valence-corrected chi connectivity index (χ4v) is 3.51. The Morgan fingerprint density at radius 3 is 2.48 bits per heavy atom. The first-order chi connectivity index (χ1) is 10.2. The van der Waals surface area contributed by atoms with E-state index in [0.717, 1.165) is 10.0 Å². The maximum atomic E-state index is 5.83. The first-order valence-corrected chi connectivity index (χ1v) is 8.46. The number of rotatable bonds is 3. The van der Waals surface area contributed by atoms with Crippen molar-refractivity contribution in [1.82, 2.24) is 5.43 Å². The van der Waals surface area contributed by atoms with Gasteiger partial charge in [0.1, 0.15) is 0 Å². The third-order valence-electron chi connectivity index (χ3n) is 3.54. The monoisotopic (exact) mass is 452 g/mol. The number of nitrogens with two attached hydrogens (primary N) is 1. The highest BCUT2D eigenvalue weighted by atomic mass is 127. The number of nitrogens with one attached hydrogen (secondary N) is 1. The molecule has 1 atom stereocenters. The van der Waals surface area contributed by atoms with Crippen LogP contribution < -0.4 is 11.3 Å². The minimum Gasteiger partial charge on any atom is -0.271 e. The first kappa shape index (κ1) is 15.0. The van der Waals surface area contributed by atoms with Gasteiger partial charge in [-0.25, -0.2) is 5.43 Å². The summed E-state index contributed by atoms with van der Waals surface area (Å²) in [6, 6.07) is 21.0. The van der Waals surface area contributed by atoms with Crippen molar-refractivity contribution in [3.63, 3.8) is 0 Å². The van der Waals surface area contributed by atoms with Crippen LogP contribution in [0.4, 0.5) is 0 Å². The second-order valence-corrected chi connectivity index (χ2v) is 6.95. The molecular weight excluding hydrogens is 439 g/mol. The summed E-state index contributed by atoms with van der Waals surface area (Å²) >= 11 is 5.88. The molecule has 0 radical (unpaired) electrons. The fourth-order valence-electron chi connectivity index (χ4n) is 2.49. The van der Waals surface area contributed by atoms with Crippen molar-refractivity contribution in [2.75, 3.05) is 0 Å². The number of hydrogen-bond acceptors (Lipinski definition) is 2. The predicted molar refractivity (Wildman–Crippen MR) is 100.0 cm³/mol. The minimum absolute atomic E-state index is 0.0287. The number of halogens is 2. The van der Waals surface area contributed by atoms with Crippen molar-refractivity contribution in [3.05, 3.63) is 79.8 Å². The third kappa shape index (κ3) is 3.13. The lowest BCUT2D eigenvalue weighted by Gasteiger charge is -2.19. The van der Waals surface area contributed by atoms with Gasteiger partial charge in [-0.15, -0.1) is 0 Å². The smallest absolute Gasteiger partial charge is 0.0720 e. The van der Waals surface area contributed by atoms with E-state index in [4.69, 9.17) is 5.84 Å². The van der Waals surface area contributed by atoms with Gasteiger partial charge in [-0.2, -0.15) is 0 Å². The molecule has 3 rings (SSSR count). The summed E-state index contributed by atoms with van der Waals surface area (Å²) in [6.07, 6.45) is 0. The lowest BCUT2D eigenvalue weighted by Crippen LogP contribution is -2.29. The average Bonchev–Trinajstić information content (AvgIpc) is 2.51. The van der Waals surface area contributed by atoms with Gasteiger partial charge in [-0.05, 0) is 68.8 Å². The van der Waals surface area contributed by atoms with Crippen LogP contribution in [0.15, 0.2) is 65.1 Å². The van der Waals surface area contributed by atoms with Gasteiger partial charge in [0, 0.05) is 8.04 Å². The topological polar surface area (TPSA) is 38.0 Å². The van der Waals surface area contributed by atoms with Gasteiger partial charge in [0.2, 0.25) is 0 Å². The summed E-state index contributed by atoms with van der Waals surface area (Å²) in [5, 5.41) is 2.46.